The summed E-state index contributed by atoms with van der Waals surface area (Å²) in [5, 5.41) is 3.40. The molecule has 22 heavy (non-hydrogen) atoms. The highest BCUT2D eigenvalue weighted by Gasteiger charge is 2.10. The highest BCUT2D eigenvalue weighted by Crippen LogP contribution is 2.20. The van der Waals surface area contributed by atoms with Gasteiger partial charge < -0.3 is 15.0 Å². The van der Waals surface area contributed by atoms with Crippen molar-refractivity contribution in [1.82, 2.24) is 10.2 Å². The highest BCUT2D eigenvalue weighted by atomic mass is 35.5. The van der Waals surface area contributed by atoms with E-state index in [9.17, 15) is 0 Å². The van der Waals surface area contributed by atoms with Gasteiger partial charge in [0.25, 0.3) is 0 Å². The third kappa shape index (κ3) is 5.62. The Morgan fingerprint density at radius 2 is 1.86 bits per heavy atom. The van der Waals surface area contributed by atoms with Gasteiger partial charge in [-0.15, -0.1) is 24.8 Å². The molecule has 1 fully saturated rings. The third-order valence-electron chi connectivity index (χ3n) is 4.40. The monoisotopic (exact) mass is 346 g/mol. The zero-order valence-electron chi connectivity index (χ0n) is 13.2. The van der Waals surface area contributed by atoms with E-state index in [1.165, 1.54) is 50.0 Å². The van der Waals surface area contributed by atoms with Crippen LogP contribution in [0.15, 0.2) is 18.2 Å². The van der Waals surface area contributed by atoms with E-state index >= 15 is 0 Å². The Kier molecular flexibility index (Phi) is 9.18. The lowest BCUT2D eigenvalue weighted by Gasteiger charge is -2.26. The van der Waals surface area contributed by atoms with Crippen molar-refractivity contribution >= 4 is 24.8 Å². The van der Waals surface area contributed by atoms with E-state index in [0.717, 1.165) is 38.3 Å². The zero-order chi connectivity index (χ0) is 13.6. The van der Waals surface area contributed by atoms with Crippen LogP contribution >= 0.6 is 24.8 Å². The van der Waals surface area contributed by atoms with Gasteiger partial charge in [0.05, 0.1) is 6.61 Å². The molecule has 126 valence electrons. The van der Waals surface area contributed by atoms with Crippen molar-refractivity contribution in [2.24, 2.45) is 0 Å². The summed E-state index contributed by atoms with van der Waals surface area (Å²) in [5.41, 5.74) is 2.88. The molecule has 2 heterocycles. The lowest BCUT2D eigenvalue weighted by atomic mass is 10.0. The molecule has 0 radical (unpaired) electrons. The van der Waals surface area contributed by atoms with Crippen LogP contribution in [0.2, 0.25) is 0 Å². The third-order valence-corrected chi connectivity index (χ3v) is 4.40. The number of likely N-dealkylation sites (tertiary alicyclic amines) is 1. The first-order valence-corrected chi connectivity index (χ1v) is 8.09. The number of benzene rings is 1. The summed E-state index contributed by atoms with van der Waals surface area (Å²) in [6.07, 6.45) is 6.43. The van der Waals surface area contributed by atoms with Gasteiger partial charge in [-0.2, -0.15) is 0 Å². The molecular formula is C17H28Cl2N2O. The van der Waals surface area contributed by atoms with Gasteiger partial charge in [0, 0.05) is 13.1 Å². The molecule has 3 rings (SSSR count). The first-order valence-electron chi connectivity index (χ1n) is 8.09. The average Bonchev–Trinajstić information content (AvgIpc) is 2.52. The summed E-state index contributed by atoms with van der Waals surface area (Å²) in [4.78, 5) is 2.57. The quantitative estimate of drug-likeness (QED) is 0.826. The number of hydrogen-bond donors (Lipinski definition) is 1. The van der Waals surface area contributed by atoms with E-state index in [1.807, 2.05) is 0 Å². The molecule has 1 N–H and O–H groups in total. The molecule has 0 unspecified atom stereocenters. The maximum Gasteiger partial charge on any atom is 0.119 e. The number of halogens is 2. The maximum absolute atomic E-state index is 5.92. The molecule has 0 amide bonds. The van der Waals surface area contributed by atoms with Crippen molar-refractivity contribution in [3.63, 3.8) is 0 Å². The minimum absolute atomic E-state index is 0. The van der Waals surface area contributed by atoms with Crippen LogP contribution in [0.5, 0.6) is 5.75 Å². The molecule has 1 saturated heterocycles. The van der Waals surface area contributed by atoms with E-state index in [0.29, 0.717) is 0 Å². The van der Waals surface area contributed by atoms with Crippen LogP contribution in [-0.4, -0.2) is 37.7 Å². The topological polar surface area (TPSA) is 24.5 Å². The Bertz CT molecular complexity index is 437. The Balaban J connectivity index is 0.00000121. The van der Waals surface area contributed by atoms with Gasteiger partial charge in [-0.3, -0.25) is 0 Å². The second-order valence-corrected chi connectivity index (χ2v) is 5.96. The van der Waals surface area contributed by atoms with E-state index in [4.69, 9.17) is 4.74 Å². The number of nitrogens with one attached hydrogen (secondary N) is 1. The van der Waals surface area contributed by atoms with Crippen LogP contribution in [0.4, 0.5) is 0 Å². The molecule has 0 aliphatic carbocycles. The van der Waals surface area contributed by atoms with E-state index in [-0.39, 0.29) is 24.8 Å². The van der Waals surface area contributed by atoms with Gasteiger partial charge in [-0.05, 0) is 68.6 Å². The van der Waals surface area contributed by atoms with Crippen LogP contribution in [0.1, 0.15) is 36.8 Å². The van der Waals surface area contributed by atoms with E-state index in [2.05, 4.69) is 28.4 Å². The van der Waals surface area contributed by atoms with Gasteiger partial charge >= 0.3 is 0 Å². The van der Waals surface area contributed by atoms with Gasteiger partial charge in [-0.1, -0.05) is 12.5 Å². The van der Waals surface area contributed by atoms with E-state index < -0.39 is 0 Å². The van der Waals surface area contributed by atoms with Crippen LogP contribution in [0.3, 0.4) is 0 Å². The van der Waals surface area contributed by atoms with Crippen molar-refractivity contribution in [2.45, 2.75) is 38.6 Å². The lowest BCUT2D eigenvalue weighted by molar-refractivity contribution is 0.205. The number of hydrogen-bond acceptors (Lipinski definition) is 3. The normalized spacial score (nSPS) is 17.8. The molecule has 1 aromatic rings. The molecular weight excluding hydrogens is 319 g/mol. The molecule has 0 bridgehead atoms. The van der Waals surface area contributed by atoms with Crippen molar-refractivity contribution < 1.29 is 4.74 Å². The van der Waals surface area contributed by atoms with Crippen LogP contribution in [-0.2, 0) is 13.0 Å². The van der Waals surface area contributed by atoms with Crippen molar-refractivity contribution in [2.75, 3.05) is 32.8 Å². The fourth-order valence-corrected chi connectivity index (χ4v) is 3.20. The van der Waals surface area contributed by atoms with Gasteiger partial charge in [0.1, 0.15) is 5.75 Å². The Morgan fingerprint density at radius 3 is 2.68 bits per heavy atom. The fourth-order valence-electron chi connectivity index (χ4n) is 3.20. The smallest absolute Gasteiger partial charge is 0.119 e. The first-order chi connectivity index (χ1) is 9.92. The van der Waals surface area contributed by atoms with Crippen molar-refractivity contribution in [3.8, 4) is 5.75 Å². The zero-order valence-corrected chi connectivity index (χ0v) is 14.8. The summed E-state index contributed by atoms with van der Waals surface area (Å²) < 4.78 is 5.92. The number of nitrogens with zero attached hydrogens (tertiary/aromatic N) is 1. The summed E-state index contributed by atoms with van der Waals surface area (Å²) in [6, 6.07) is 6.56. The van der Waals surface area contributed by atoms with Gasteiger partial charge in [-0.25, -0.2) is 0 Å². The summed E-state index contributed by atoms with van der Waals surface area (Å²) in [7, 11) is 0. The predicted octanol–water partition coefficient (Wildman–Crippen LogP) is 3.43. The minimum Gasteiger partial charge on any atom is -0.494 e. The van der Waals surface area contributed by atoms with Crippen LogP contribution in [0, 0.1) is 0 Å². The maximum atomic E-state index is 5.92. The number of ether oxygens (including phenoxy) is 1. The van der Waals surface area contributed by atoms with E-state index in [1.54, 1.807) is 0 Å². The largest absolute Gasteiger partial charge is 0.494 e. The SMILES string of the molecule is Cl.Cl.c1cc2c(cc1OCCCN1CCCCC1)CCNC2. The van der Waals surface area contributed by atoms with Gasteiger partial charge in [0.2, 0.25) is 0 Å². The second-order valence-electron chi connectivity index (χ2n) is 5.96. The van der Waals surface area contributed by atoms with Gasteiger partial charge in [0.15, 0.2) is 0 Å². The Morgan fingerprint density at radius 1 is 1.05 bits per heavy atom. The molecule has 0 spiro atoms. The molecule has 2 aliphatic rings. The number of rotatable bonds is 5. The second kappa shape index (κ2) is 10.3. The Labute approximate surface area is 146 Å². The number of piperidine rings is 1. The standard InChI is InChI=1S/C17H26N2O.2ClH/c1-2-9-19(10-3-1)11-4-12-20-17-6-5-16-14-18-8-7-15(16)13-17;;/h5-6,13,18H,1-4,7-12,14H2;2*1H. The molecule has 1 aromatic carbocycles. The molecule has 0 atom stereocenters. The number of fused-ring (bicyclic) bond motifs is 1. The van der Waals surface area contributed by atoms with Crippen molar-refractivity contribution in [3.05, 3.63) is 29.3 Å². The summed E-state index contributed by atoms with van der Waals surface area (Å²) in [5.74, 6) is 1.05. The lowest BCUT2D eigenvalue weighted by Crippen LogP contribution is -2.31. The molecule has 5 heteroatoms. The van der Waals surface area contributed by atoms with Crippen LogP contribution < -0.4 is 10.1 Å². The molecule has 3 nitrogen and oxygen atoms in total. The van der Waals surface area contributed by atoms with Crippen LogP contribution in [0.25, 0.3) is 0 Å². The first kappa shape index (κ1) is 19.6. The summed E-state index contributed by atoms with van der Waals surface area (Å²) >= 11 is 0. The molecule has 0 aromatic heterocycles. The Hall–Kier alpha value is -0.480. The average molecular weight is 347 g/mol. The molecule has 0 saturated carbocycles. The fraction of sp³-hybridized carbons (Fsp3) is 0.647. The molecule has 2 aliphatic heterocycles. The van der Waals surface area contributed by atoms with Crippen molar-refractivity contribution in [1.29, 1.82) is 0 Å². The minimum atomic E-state index is 0. The summed E-state index contributed by atoms with van der Waals surface area (Å²) in [6.45, 7) is 6.69. The predicted molar refractivity (Wildman–Crippen MR) is 96.8 cm³/mol. The highest BCUT2D eigenvalue weighted by molar-refractivity contribution is 5.85.